The highest BCUT2D eigenvalue weighted by atomic mass is 79.9. The van der Waals surface area contributed by atoms with Crippen LogP contribution in [0.15, 0.2) is 22.2 Å². The maximum atomic E-state index is 4.46. The fraction of sp³-hybridized carbons (Fsp3) is 0.364. The van der Waals surface area contributed by atoms with Crippen molar-refractivity contribution in [3.63, 3.8) is 0 Å². The molecule has 0 saturated carbocycles. The van der Waals surface area contributed by atoms with Gasteiger partial charge >= 0.3 is 0 Å². The normalized spacial score (nSPS) is 10.8. The molecule has 2 rings (SSSR count). The fourth-order valence-electron chi connectivity index (χ4n) is 1.29. The summed E-state index contributed by atoms with van der Waals surface area (Å²) in [4.78, 5) is 13.0. The molecule has 0 bridgehead atoms. The van der Waals surface area contributed by atoms with Gasteiger partial charge in [-0.05, 0) is 15.9 Å². The summed E-state index contributed by atoms with van der Waals surface area (Å²) in [6, 6.07) is 1.87. The van der Waals surface area contributed by atoms with Gasteiger partial charge in [0.05, 0.1) is 6.54 Å². The van der Waals surface area contributed by atoms with Crippen molar-refractivity contribution in [3.8, 4) is 0 Å². The Balaban J connectivity index is 2.10. The van der Waals surface area contributed by atoms with E-state index >= 15 is 0 Å². The first-order valence-electron chi connectivity index (χ1n) is 5.32. The third-order valence-corrected chi connectivity index (χ3v) is 3.32. The number of thiazole rings is 1. The van der Waals surface area contributed by atoms with Crippen LogP contribution in [0.1, 0.15) is 30.6 Å². The van der Waals surface area contributed by atoms with Crippen LogP contribution >= 0.6 is 27.3 Å². The molecule has 0 saturated heterocycles. The molecule has 2 aromatic heterocycles. The average molecular weight is 313 g/mol. The SMILES string of the molecule is CC(C)c1nc(Br)cc(NCc2nccs2)n1. The molecule has 0 unspecified atom stereocenters. The monoisotopic (exact) mass is 312 g/mol. The van der Waals surface area contributed by atoms with E-state index < -0.39 is 0 Å². The van der Waals surface area contributed by atoms with Crippen molar-refractivity contribution < 1.29 is 0 Å². The molecule has 0 atom stereocenters. The summed E-state index contributed by atoms with van der Waals surface area (Å²) in [5.74, 6) is 1.97. The zero-order valence-electron chi connectivity index (χ0n) is 9.64. The molecule has 90 valence electrons. The first-order chi connectivity index (χ1) is 8.15. The second-order valence-electron chi connectivity index (χ2n) is 3.87. The van der Waals surface area contributed by atoms with Gasteiger partial charge in [0.1, 0.15) is 21.3 Å². The van der Waals surface area contributed by atoms with Crippen LogP contribution in [-0.4, -0.2) is 15.0 Å². The summed E-state index contributed by atoms with van der Waals surface area (Å²) >= 11 is 5.02. The van der Waals surface area contributed by atoms with E-state index in [-0.39, 0.29) is 0 Å². The van der Waals surface area contributed by atoms with Crippen molar-refractivity contribution in [2.24, 2.45) is 0 Å². The van der Waals surface area contributed by atoms with Crippen molar-refractivity contribution >= 4 is 33.1 Å². The van der Waals surface area contributed by atoms with E-state index in [9.17, 15) is 0 Å². The molecular weight excluding hydrogens is 300 g/mol. The molecule has 6 heteroatoms. The zero-order valence-corrected chi connectivity index (χ0v) is 12.0. The molecule has 4 nitrogen and oxygen atoms in total. The minimum atomic E-state index is 0.313. The minimum Gasteiger partial charge on any atom is -0.363 e. The van der Waals surface area contributed by atoms with Crippen LogP contribution in [0.3, 0.4) is 0 Å². The maximum absolute atomic E-state index is 4.46. The van der Waals surface area contributed by atoms with Gasteiger partial charge in [0.25, 0.3) is 0 Å². The molecule has 17 heavy (non-hydrogen) atoms. The molecular formula is C11H13BrN4S. The van der Waals surface area contributed by atoms with Gasteiger partial charge in [0, 0.05) is 23.6 Å². The average Bonchev–Trinajstić information content (AvgIpc) is 2.78. The van der Waals surface area contributed by atoms with Crippen molar-refractivity contribution in [1.29, 1.82) is 0 Å². The Morgan fingerprint density at radius 1 is 1.41 bits per heavy atom. The number of aromatic nitrogens is 3. The highest BCUT2D eigenvalue weighted by molar-refractivity contribution is 9.10. The van der Waals surface area contributed by atoms with Crippen LogP contribution in [0.2, 0.25) is 0 Å². The number of nitrogens with one attached hydrogen (secondary N) is 1. The molecule has 0 fully saturated rings. The van der Waals surface area contributed by atoms with Gasteiger partial charge in [-0.25, -0.2) is 15.0 Å². The topological polar surface area (TPSA) is 50.7 Å². The van der Waals surface area contributed by atoms with E-state index in [2.05, 4.69) is 50.0 Å². The third-order valence-electron chi connectivity index (χ3n) is 2.13. The second-order valence-corrected chi connectivity index (χ2v) is 5.66. The molecule has 0 amide bonds. The van der Waals surface area contributed by atoms with Gasteiger partial charge in [0.15, 0.2) is 0 Å². The molecule has 2 aromatic rings. The predicted octanol–water partition coefficient (Wildman–Crippen LogP) is 3.43. The number of rotatable bonds is 4. The van der Waals surface area contributed by atoms with Gasteiger partial charge < -0.3 is 5.32 Å². The lowest BCUT2D eigenvalue weighted by Gasteiger charge is -2.08. The summed E-state index contributed by atoms with van der Waals surface area (Å²) in [5, 5.41) is 6.26. The van der Waals surface area contributed by atoms with Crippen molar-refractivity contribution in [2.75, 3.05) is 5.32 Å². The van der Waals surface area contributed by atoms with Gasteiger partial charge in [-0.3, -0.25) is 0 Å². The lowest BCUT2D eigenvalue weighted by Crippen LogP contribution is -2.05. The number of hydrogen-bond donors (Lipinski definition) is 1. The Bertz CT molecular complexity index is 484. The summed E-state index contributed by atoms with van der Waals surface area (Å²) in [6.45, 7) is 4.84. The smallest absolute Gasteiger partial charge is 0.134 e. The number of anilines is 1. The third kappa shape index (κ3) is 3.47. The van der Waals surface area contributed by atoms with Crippen molar-refractivity contribution in [3.05, 3.63) is 33.1 Å². The van der Waals surface area contributed by atoms with Crippen molar-refractivity contribution in [2.45, 2.75) is 26.3 Å². The van der Waals surface area contributed by atoms with Crippen LogP contribution in [0.25, 0.3) is 0 Å². The second kappa shape index (κ2) is 5.55. The first-order valence-corrected chi connectivity index (χ1v) is 6.99. The van der Waals surface area contributed by atoms with E-state index in [0.717, 1.165) is 21.3 Å². The Labute approximate surface area is 113 Å². The standard InChI is InChI=1S/C11H13BrN4S/c1-7(2)11-15-8(12)5-9(16-11)14-6-10-13-3-4-17-10/h3-5,7H,6H2,1-2H3,(H,14,15,16). The molecule has 0 spiro atoms. The lowest BCUT2D eigenvalue weighted by atomic mass is 10.2. The minimum absolute atomic E-state index is 0.313. The van der Waals surface area contributed by atoms with E-state index in [1.807, 2.05) is 11.4 Å². The fourth-order valence-corrected chi connectivity index (χ4v) is 2.24. The van der Waals surface area contributed by atoms with E-state index in [1.165, 1.54) is 0 Å². The molecule has 0 radical (unpaired) electrons. The quantitative estimate of drug-likeness (QED) is 0.879. The number of nitrogens with zero attached hydrogens (tertiary/aromatic N) is 3. The summed E-state index contributed by atoms with van der Waals surface area (Å²) < 4.78 is 0.804. The van der Waals surface area contributed by atoms with E-state index in [1.54, 1.807) is 17.5 Å². The molecule has 2 heterocycles. The summed E-state index contributed by atoms with van der Waals surface area (Å²) in [7, 11) is 0. The summed E-state index contributed by atoms with van der Waals surface area (Å²) in [5.41, 5.74) is 0. The van der Waals surface area contributed by atoms with Gasteiger partial charge in [-0.1, -0.05) is 13.8 Å². The highest BCUT2D eigenvalue weighted by Gasteiger charge is 2.06. The zero-order chi connectivity index (χ0) is 12.3. The van der Waals surface area contributed by atoms with Crippen LogP contribution in [-0.2, 0) is 6.54 Å². The van der Waals surface area contributed by atoms with Gasteiger partial charge in [0.2, 0.25) is 0 Å². The first kappa shape index (κ1) is 12.4. The Morgan fingerprint density at radius 3 is 2.88 bits per heavy atom. The van der Waals surface area contributed by atoms with E-state index in [0.29, 0.717) is 12.5 Å². The van der Waals surface area contributed by atoms with Gasteiger partial charge in [-0.15, -0.1) is 11.3 Å². The predicted molar refractivity (Wildman–Crippen MR) is 73.3 cm³/mol. The van der Waals surface area contributed by atoms with Crippen LogP contribution in [0.5, 0.6) is 0 Å². The Kier molecular flexibility index (Phi) is 4.06. The van der Waals surface area contributed by atoms with Crippen LogP contribution < -0.4 is 5.32 Å². The number of hydrogen-bond acceptors (Lipinski definition) is 5. The Hall–Kier alpha value is -1.01. The summed E-state index contributed by atoms with van der Waals surface area (Å²) in [6.07, 6.45) is 1.80. The lowest BCUT2D eigenvalue weighted by molar-refractivity contribution is 0.769. The van der Waals surface area contributed by atoms with Crippen molar-refractivity contribution in [1.82, 2.24) is 15.0 Å². The largest absolute Gasteiger partial charge is 0.363 e. The van der Waals surface area contributed by atoms with Crippen LogP contribution in [0.4, 0.5) is 5.82 Å². The molecule has 0 aliphatic carbocycles. The molecule has 0 aliphatic heterocycles. The van der Waals surface area contributed by atoms with E-state index in [4.69, 9.17) is 0 Å². The highest BCUT2D eigenvalue weighted by Crippen LogP contribution is 2.18. The molecule has 0 aromatic carbocycles. The van der Waals surface area contributed by atoms with Crippen LogP contribution in [0, 0.1) is 0 Å². The molecule has 1 N–H and O–H groups in total. The maximum Gasteiger partial charge on any atom is 0.134 e. The molecule has 0 aliphatic rings. The number of halogens is 1. The Morgan fingerprint density at radius 2 is 2.24 bits per heavy atom. The van der Waals surface area contributed by atoms with Gasteiger partial charge in [-0.2, -0.15) is 0 Å².